The van der Waals surface area contributed by atoms with Crippen LogP contribution in [0.4, 0.5) is 11.5 Å². The quantitative estimate of drug-likeness (QED) is 0.269. The van der Waals surface area contributed by atoms with Crippen molar-refractivity contribution in [3.63, 3.8) is 0 Å². The third-order valence-electron chi connectivity index (χ3n) is 3.15. The van der Waals surface area contributed by atoms with Crippen molar-refractivity contribution in [2.75, 3.05) is 11.9 Å². The Morgan fingerprint density at radius 2 is 2.35 bits per heavy atom. The summed E-state index contributed by atoms with van der Waals surface area (Å²) in [4.78, 5) is 16.2. The van der Waals surface area contributed by atoms with Gasteiger partial charge >= 0.3 is 0 Å². The van der Waals surface area contributed by atoms with E-state index in [1.807, 2.05) is 18.9 Å². The number of hydrogen-bond donors (Lipinski definition) is 2. The topological polar surface area (TPSA) is 118 Å². The monoisotopic (exact) mass is 281 g/mol. The molecule has 0 radical (unpaired) electrons. The maximum atomic E-state index is 10.8. The summed E-state index contributed by atoms with van der Waals surface area (Å²) in [5.74, 6) is 0.249. The molecule has 8 heteroatoms. The van der Waals surface area contributed by atoms with Gasteiger partial charge in [0.05, 0.1) is 10.5 Å². The molecule has 0 bridgehead atoms. The second-order valence-corrected chi connectivity index (χ2v) is 4.56. The zero-order chi connectivity index (χ0) is 15.3. The van der Waals surface area contributed by atoms with Gasteiger partial charge in [-0.2, -0.15) is 0 Å². The van der Waals surface area contributed by atoms with Crippen molar-refractivity contribution in [2.45, 2.75) is 32.7 Å². The molecule has 1 aromatic heterocycles. The van der Waals surface area contributed by atoms with Gasteiger partial charge in [0, 0.05) is 19.2 Å². The lowest BCUT2D eigenvalue weighted by molar-refractivity contribution is -0.385. The largest absolute Gasteiger partial charge is 0.409 e. The predicted molar refractivity (Wildman–Crippen MR) is 76.2 cm³/mol. The van der Waals surface area contributed by atoms with Crippen molar-refractivity contribution in [2.24, 2.45) is 10.9 Å². The van der Waals surface area contributed by atoms with Crippen LogP contribution in [0.2, 0.25) is 0 Å². The molecular formula is C12H19N5O3. The van der Waals surface area contributed by atoms with E-state index in [1.165, 1.54) is 12.3 Å². The number of oxime groups is 1. The van der Waals surface area contributed by atoms with Gasteiger partial charge in [0.1, 0.15) is 12.0 Å². The van der Waals surface area contributed by atoms with Crippen LogP contribution < -0.4 is 10.6 Å². The van der Waals surface area contributed by atoms with Gasteiger partial charge < -0.3 is 15.8 Å². The number of hydrogen-bond acceptors (Lipinski definition) is 6. The minimum absolute atomic E-state index is 0.180. The van der Waals surface area contributed by atoms with Gasteiger partial charge in [0.15, 0.2) is 5.84 Å². The van der Waals surface area contributed by atoms with Crippen LogP contribution in [0.25, 0.3) is 0 Å². The summed E-state index contributed by atoms with van der Waals surface area (Å²) >= 11 is 0. The van der Waals surface area contributed by atoms with Crippen LogP contribution >= 0.6 is 0 Å². The Morgan fingerprint density at radius 1 is 1.70 bits per heavy atom. The molecule has 0 saturated carbocycles. The highest BCUT2D eigenvalue weighted by molar-refractivity contribution is 6.01. The highest BCUT2D eigenvalue weighted by atomic mass is 16.6. The molecule has 20 heavy (non-hydrogen) atoms. The average Bonchev–Trinajstić information content (AvgIpc) is 2.45. The fourth-order valence-electron chi connectivity index (χ4n) is 1.89. The fraction of sp³-hybridized carbons (Fsp3) is 0.500. The SMILES string of the molecule is CCCC(C)N(C)c1ncc([N+](=O)[O-])cc1C(N)=NO. The normalized spacial score (nSPS) is 13.1. The summed E-state index contributed by atoms with van der Waals surface area (Å²) in [6.07, 6.45) is 3.10. The number of nitro groups is 1. The standard InChI is InChI=1S/C12H19N5O3/c1-4-5-8(2)16(3)12-10(11(13)15-18)6-9(7-14-12)17(19)20/h6-8,18H,4-5H2,1-3H3,(H2,13,15). The lowest BCUT2D eigenvalue weighted by atomic mass is 10.1. The molecule has 0 fully saturated rings. The van der Waals surface area contributed by atoms with Gasteiger partial charge in [-0.05, 0) is 13.3 Å². The van der Waals surface area contributed by atoms with Gasteiger partial charge in [-0.1, -0.05) is 18.5 Å². The summed E-state index contributed by atoms with van der Waals surface area (Å²) in [5, 5.41) is 22.5. The van der Waals surface area contributed by atoms with Gasteiger partial charge in [-0.15, -0.1) is 0 Å². The summed E-state index contributed by atoms with van der Waals surface area (Å²) in [5.41, 5.74) is 5.63. The van der Waals surface area contributed by atoms with Gasteiger partial charge in [-0.25, -0.2) is 4.98 Å². The molecule has 1 heterocycles. The van der Waals surface area contributed by atoms with Crippen LogP contribution in [0.3, 0.4) is 0 Å². The summed E-state index contributed by atoms with van der Waals surface area (Å²) in [7, 11) is 1.82. The molecule has 0 spiro atoms. The molecule has 0 saturated heterocycles. The Morgan fingerprint density at radius 3 is 2.85 bits per heavy atom. The number of nitrogens with zero attached hydrogens (tertiary/aromatic N) is 4. The Labute approximate surface area is 117 Å². The molecule has 0 aromatic carbocycles. The molecule has 0 amide bonds. The average molecular weight is 281 g/mol. The molecule has 1 aromatic rings. The second kappa shape index (κ2) is 6.69. The van der Waals surface area contributed by atoms with E-state index in [0.717, 1.165) is 12.8 Å². The van der Waals surface area contributed by atoms with Crippen molar-refractivity contribution in [1.29, 1.82) is 0 Å². The van der Waals surface area contributed by atoms with Crippen LogP contribution in [0.5, 0.6) is 0 Å². The maximum absolute atomic E-state index is 10.8. The number of rotatable bonds is 6. The van der Waals surface area contributed by atoms with Crippen molar-refractivity contribution in [3.8, 4) is 0 Å². The lowest BCUT2D eigenvalue weighted by Crippen LogP contribution is -2.32. The molecule has 3 N–H and O–H groups in total. The Hall–Kier alpha value is -2.38. The first kappa shape index (κ1) is 15.7. The molecule has 1 atom stereocenters. The van der Waals surface area contributed by atoms with E-state index in [2.05, 4.69) is 17.1 Å². The fourth-order valence-corrected chi connectivity index (χ4v) is 1.89. The van der Waals surface area contributed by atoms with E-state index in [9.17, 15) is 10.1 Å². The van der Waals surface area contributed by atoms with Crippen LogP contribution in [-0.2, 0) is 0 Å². The summed E-state index contributed by atoms with van der Waals surface area (Å²) < 4.78 is 0. The predicted octanol–water partition coefficient (Wildman–Crippen LogP) is 1.71. The first-order valence-corrected chi connectivity index (χ1v) is 6.27. The third kappa shape index (κ3) is 3.34. The van der Waals surface area contributed by atoms with Gasteiger partial charge in [-0.3, -0.25) is 10.1 Å². The number of pyridine rings is 1. The van der Waals surface area contributed by atoms with E-state index < -0.39 is 4.92 Å². The molecule has 110 valence electrons. The Bertz CT molecular complexity index is 518. The highest BCUT2D eigenvalue weighted by Crippen LogP contribution is 2.24. The number of nitrogens with two attached hydrogens (primary N) is 1. The minimum Gasteiger partial charge on any atom is -0.409 e. The Balaban J connectivity index is 3.28. The lowest BCUT2D eigenvalue weighted by Gasteiger charge is -2.27. The van der Waals surface area contributed by atoms with Crippen molar-refractivity contribution >= 4 is 17.3 Å². The van der Waals surface area contributed by atoms with E-state index in [4.69, 9.17) is 10.9 Å². The summed E-state index contributed by atoms with van der Waals surface area (Å²) in [6, 6.07) is 1.44. The molecule has 8 nitrogen and oxygen atoms in total. The van der Waals surface area contributed by atoms with E-state index in [0.29, 0.717) is 5.82 Å². The first-order valence-electron chi connectivity index (χ1n) is 6.27. The number of aromatic nitrogens is 1. The van der Waals surface area contributed by atoms with Crippen LogP contribution in [0, 0.1) is 10.1 Å². The van der Waals surface area contributed by atoms with E-state index in [1.54, 1.807) is 0 Å². The molecular weight excluding hydrogens is 262 g/mol. The van der Waals surface area contributed by atoms with E-state index in [-0.39, 0.29) is 23.1 Å². The van der Waals surface area contributed by atoms with Crippen molar-refractivity contribution in [3.05, 3.63) is 27.9 Å². The van der Waals surface area contributed by atoms with Crippen LogP contribution in [0.1, 0.15) is 32.3 Å². The minimum atomic E-state index is -0.569. The maximum Gasteiger partial charge on any atom is 0.288 e. The smallest absolute Gasteiger partial charge is 0.288 e. The molecule has 0 aliphatic heterocycles. The number of anilines is 1. The second-order valence-electron chi connectivity index (χ2n) is 4.56. The van der Waals surface area contributed by atoms with Crippen LogP contribution in [0.15, 0.2) is 17.4 Å². The zero-order valence-corrected chi connectivity index (χ0v) is 11.8. The summed E-state index contributed by atoms with van der Waals surface area (Å²) in [6.45, 7) is 4.08. The zero-order valence-electron chi connectivity index (χ0n) is 11.8. The van der Waals surface area contributed by atoms with Gasteiger partial charge in [0.2, 0.25) is 0 Å². The van der Waals surface area contributed by atoms with Gasteiger partial charge in [0.25, 0.3) is 5.69 Å². The molecule has 1 rings (SSSR count). The molecule has 0 aliphatic carbocycles. The van der Waals surface area contributed by atoms with Crippen LogP contribution in [-0.4, -0.2) is 34.0 Å². The van der Waals surface area contributed by atoms with Crippen molar-refractivity contribution in [1.82, 2.24) is 4.98 Å². The Kier molecular flexibility index (Phi) is 5.24. The van der Waals surface area contributed by atoms with Crippen molar-refractivity contribution < 1.29 is 10.1 Å². The highest BCUT2D eigenvalue weighted by Gasteiger charge is 2.20. The third-order valence-corrected chi connectivity index (χ3v) is 3.15. The molecule has 1 unspecified atom stereocenters. The number of amidine groups is 1. The molecule has 0 aliphatic rings. The van der Waals surface area contributed by atoms with E-state index >= 15 is 0 Å². The first-order chi connectivity index (χ1) is 9.42.